The highest BCUT2D eigenvalue weighted by Crippen LogP contribution is 2.24. The van der Waals surface area contributed by atoms with Gasteiger partial charge in [0.2, 0.25) is 0 Å². The Morgan fingerprint density at radius 1 is 0.696 bits per heavy atom. The van der Waals surface area contributed by atoms with Crippen molar-refractivity contribution in [3.8, 4) is 0 Å². The molecule has 0 unspecified atom stereocenters. The molecule has 46 heavy (non-hydrogen) atoms. The van der Waals surface area contributed by atoms with Gasteiger partial charge in [-0.25, -0.2) is 18.6 Å². The van der Waals surface area contributed by atoms with Gasteiger partial charge in [-0.1, -0.05) is 19.4 Å². The first-order valence-corrected chi connectivity index (χ1v) is 14.7. The molecule has 2 amide bonds. The topological polar surface area (TPSA) is 134 Å². The Hall–Kier alpha value is -3.70. The molecule has 0 spiro atoms. The zero-order valence-electron chi connectivity index (χ0n) is 23.5. The van der Waals surface area contributed by atoms with E-state index in [0.717, 1.165) is 6.54 Å². The van der Waals surface area contributed by atoms with Gasteiger partial charge in [0, 0.05) is 30.2 Å². The number of unbranched alkanes of at least 4 members (excludes halogenated alkanes) is 1. The van der Waals surface area contributed by atoms with Crippen molar-refractivity contribution in [2.24, 2.45) is 7.05 Å². The van der Waals surface area contributed by atoms with Gasteiger partial charge in [0.25, 0.3) is 0 Å². The Morgan fingerprint density at radius 3 is 1.35 bits per heavy atom. The van der Waals surface area contributed by atoms with Crippen molar-refractivity contribution in [3.63, 3.8) is 0 Å². The molecule has 24 heteroatoms. The van der Waals surface area contributed by atoms with Crippen LogP contribution in [0.3, 0.4) is 0 Å². The van der Waals surface area contributed by atoms with Gasteiger partial charge in [0.15, 0.2) is 24.8 Å². The van der Waals surface area contributed by atoms with Crippen molar-refractivity contribution < 1.29 is 88.2 Å². The highest BCUT2D eigenvalue weighted by atomic mass is 32.2. The van der Waals surface area contributed by atoms with E-state index < -0.39 is 55.2 Å². The van der Waals surface area contributed by atoms with Crippen LogP contribution in [0.1, 0.15) is 25.3 Å². The van der Waals surface area contributed by atoms with Gasteiger partial charge in [-0.3, -0.25) is 9.59 Å². The molecule has 0 radical (unpaired) electrons. The van der Waals surface area contributed by atoms with Crippen LogP contribution in [-0.4, -0.2) is 52.0 Å². The fraction of sp³-hybridized carbons (Fsp3) is 0.455. The van der Waals surface area contributed by atoms with Crippen molar-refractivity contribution in [2.45, 2.75) is 56.6 Å². The minimum absolute atomic E-state index is 0.181. The minimum Gasteiger partial charge on any atom is -0.263 e. The van der Waals surface area contributed by atoms with Crippen molar-refractivity contribution in [2.75, 3.05) is 0 Å². The molecule has 0 aromatic carbocycles. The maximum absolute atomic E-state index is 11.4. The largest absolute Gasteiger partial charge is 0.516 e. The summed E-state index contributed by atoms with van der Waals surface area (Å²) in [5, 5.41) is 0. The van der Waals surface area contributed by atoms with E-state index in [1.807, 2.05) is 29.9 Å². The molecule has 0 fully saturated rings. The Kier molecular flexibility index (Phi) is 17.2. The SMILES string of the molecule is CCCC[n+]1ccccc1.Cc1ccc[n+](C)c1.O=C(NS(=O)(=O)C(F)(F)F)C(F)(F)F.O=C(NS(=O)(=O)C(F)(F)F)C(F)(F)F. The summed E-state index contributed by atoms with van der Waals surface area (Å²) in [5.41, 5.74) is -10.6. The summed E-state index contributed by atoms with van der Waals surface area (Å²) in [6.45, 7) is 5.45. The van der Waals surface area contributed by atoms with Gasteiger partial charge in [-0.05, 0) is 13.0 Å². The molecule has 0 saturated carbocycles. The number of nitrogens with one attached hydrogen (secondary N) is 2. The summed E-state index contributed by atoms with van der Waals surface area (Å²) in [6.07, 6.45) is -0.536. The van der Waals surface area contributed by atoms with Crippen LogP contribution in [0.5, 0.6) is 0 Å². The molecule has 0 aliphatic heterocycles. The lowest BCUT2D eigenvalue weighted by atomic mass is 10.3. The van der Waals surface area contributed by atoms with Gasteiger partial charge < -0.3 is 0 Å². The summed E-state index contributed by atoms with van der Waals surface area (Å²) in [7, 11) is -10.6. The van der Waals surface area contributed by atoms with Crippen LogP contribution in [-0.2, 0) is 43.2 Å². The molecule has 0 aliphatic carbocycles. The number of hydrogen-bond donors (Lipinski definition) is 2. The number of rotatable bonds is 5. The third kappa shape index (κ3) is 18.3. The number of alkyl halides is 12. The molecule has 10 nitrogen and oxygen atoms in total. The molecule has 264 valence electrons. The van der Waals surface area contributed by atoms with Crippen LogP contribution in [0.15, 0.2) is 55.1 Å². The average Bonchev–Trinajstić information content (AvgIpc) is 2.86. The maximum atomic E-state index is 11.4. The minimum atomic E-state index is -6.30. The van der Waals surface area contributed by atoms with Crippen LogP contribution in [0.4, 0.5) is 52.7 Å². The summed E-state index contributed by atoms with van der Waals surface area (Å²) < 4.78 is 180. The van der Waals surface area contributed by atoms with Gasteiger partial charge in [0.1, 0.15) is 13.6 Å². The lowest BCUT2D eigenvalue weighted by Gasteiger charge is -2.10. The molecule has 2 aromatic heterocycles. The van der Waals surface area contributed by atoms with Crippen LogP contribution in [0.2, 0.25) is 0 Å². The Bertz CT molecular complexity index is 1380. The Balaban J connectivity index is 0. The smallest absolute Gasteiger partial charge is 0.263 e. The van der Waals surface area contributed by atoms with Crippen LogP contribution in [0.25, 0.3) is 0 Å². The van der Waals surface area contributed by atoms with Crippen molar-refractivity contribution in [1.29, 1.82) is 0 Å². The number of aryl methyl sites for hydroxylation is 3. The zero-order valence-corrected chi connectivity index (χ0v) is 25.1. The molecule has 2 N–H and O–H groups in total. The van der Waals surface area contributed by atoms with E-state index in [1.54, 1.807) is 0 Å². The Labute approximate surface area is 254 Å². The van der Waals surface area contributed by atoms with E-state index in [-0.39, 0.29) is 9.44 Å². The van der Waals surface area contributed by atoms with Crippen molar-refractivity contribution >= 4 is 31.9 Å². The van der Waals surface area contributed by atoms with Crippen LogP contribution < -0.4 is 18.6 Å². The highest BCUT2D eigenvalue weighted by molar-refractivity contribution is 7.91. The van der Waals surface area contributed by atoms with Gasteiger partial charge in [-0.2, -0.15) is 69.5 Å². The monoisotopic (exact) mass is 734 g/mol. The second kappa shape index (κ2) is 17.9. The predicted molar refractivity (Wildman–Crippen MR) is 132 cm³/mol. The molecule has 2 aromatic rings. The van der Waals surface area contributed by atoms with E-state index in [4.69, 9.17) is 0 Å². The number of carbonyl (C=O) groups is 2. The molecular formula is C22H26F12N4O6S2+2. The lowest BCUT2D eigenvalue weighted by Crippen LogP contribution is -2.46. The molecule has 0 saturated heterocycles. The van der Waals surface area contributed by atoms with Gasteiger partial charge >= 0.3 is 55.2 Å². The number of pyridine rings is 2. The highest BCUT2D eigenvalue weighted by Gasteiger charge is 2.52. The predicted octanol–water partition coefficient (Wildman–Crippen LogP) is 3.62. The number of nitrogens with zero attached hydrogens (tertiary/aromatic N) is 2. The number of hydrogen-bond acceptors (Lipinski definition) is 6. The summed E-state index contributed by atoms with van der Waals surface area (Å²) in [5.74, 6) is -6.40. The van der Waals surface area contributed by atoms with E-state index in [2.05, 4.69) is 55.2 Å². The van der Waals surface area contributed by atoms with Gasteiger partial charge in [-0.15, -0.1) is 0 Å². The van der Waals surface area contributed by atoms with Crippen LogP contribution >= 0.6 is 0 Å². The Morgan fingerprint density at radius 2 is 1.09 bits per heavy atom. The summed E-state index contributed by atoms with van der Waals surface area (Å²) in [6, 6.07) is 10.3. The fourth-order valence-corrected chi connectivity index (χ4v) is 3.09. The normalized spacial score (nSPS) is 12.2. The molecule has 0 aliphatic rings. The molecule has 2 heterocycles. The third-order valence-electron chi connectivity index (χ3n) is 4.21. The summed E-state index contributed by atoms with van der Waals surface area (Å²) >= 11 is 0. The quantitative estimate of drug-likeness (QED) is 0.356. The van der Waals surface area contributed by atoms with Crippen molar-refractivity contribution in [3.05, 3.63) is 60.7 Å². The number of sulfonamides is 2. The van der Waals surface area contributed by atoms with Crippen LogP contribution in [0, 0.1) is 6.92 Å². The number of carbonyl (C=O) groups excluding carboxylic acids is 2. The van der Waals surface area contributed by atoms with E-state index in [9.17, 15) is 79.1 Å². The molecular weight excluding hydrogens is 708 g/mol. The second-order valence-electron chi connectivity index (χ2n) is 8.27. The maximum Gasteiger partial charge on any atom is 0.516 e. The number of amides is 2. The van der Waals surface area contributed by atoms with Crippen molar-refractivity contribution in [1.82, 2.24) is 9.44 Å². The van der Waals surface area contributed by atoms with E-state index in [0.29, 0.717) is 0 Å². The summed E-state index contributed by atoms with van der Waals surface area (Å²) in [4.78, 5) is 19.6. The lowest BCUT2D eigenvalue weighted by molar-refractivity contribution is -0.697. The molecule has 0 atom stereocenters. The van der Waals surface area contributed by atoms with E-state index in [1.165, 1.54) is 18.4 Å². The average molecular weight is 735 g/mol. The number of halogens is 12. The molecule has 2 rings (SSSR count). The standard InChI is InChI=1S/C9H14N.C7H10N.2C3HF6NO3S/c1-2-3-7-10-8-5-4-6-9-10;1-7-4-3-5-8(2)6-7;2*4-2(5,6)1(11)10-14(12,13)3(7,8)9/h4-6,8-9H,2-3,7H2,1H3;3-6H,1-2H3;2*(H,10,11)/q2*+1;;. The first-order valence-electron chi connectivity index (χ1n) is 11.7. The first-order chi connectivity index (χ1) is 20.5. The zero-order chi connectivity index (χ0) is 36.8. The van der Waals surface area contributed by atoms with E-state index >= 15 is 0 Å². The van der Waals surface area contributed by atoms with Gasteiger partial charge in [0.05, 0.1) is 0 Å². The third-order valence-corrected chi connectivity index (χ3v) is 6.34. The number of aromatic nitrogens is 2. The second-order valence-corrected chi connectivity index (χ2v) is 11.6. The molecule has 0 bridgehead atoms. The first kappa shape index (κ1) is 44.4. The fourth-order valence-electron chi connectivity index (χ4n) is 2.14.